The summed E-state index contributed by atoms with van der Waals surface area (Å²) in [6.07, 6.45) is -6.85. The number of rotatable bonds is 5. The molecule has 8 heteroatoms. The van der Waals surface area contributed by atoms with Gasteiger partial charge in [0.05, 0.1) is 6.10 Å². The highest BCUT2D eigenvalue weighted by atomic mass is 79.9. The smallest absolute Gasteiger partial charge is 0.406 e. The molecule has 0 spiro atoms. The van der Waals surface area contributed by atoms with E-state index >= 15 is 0 Å². The quantitative estimate of drug-likeness (QED) is 0.566. The molecule has 0 fully saturated rings. The molecular formula is C11H13BrF3NO3. The van der Waals surface area contributed by atoms with Gasteiger partial charge in [0.15, 0.2) is 0 Å². The van der Waals surface area contributed by atoms with Crippen LogP contribution in [0.4, 0.5) is 18.9 Å². The van der Waals surface area contributed by atoms with E-state index < -0.39 is 24.3 Å². The maximum Gasteiger partial charge on any atom is 0.573 e. The third-order valence-corrected chi connectivity index (χ3v) is 2.84. The van der Waals surface area contributed by atoms with E-state index in [-0.39, 0.29) is 17.7 Å². The zero-order valence-corrected chi connectivity index (χ0v) is 11.3. The lowest BCUT2D eigenvalue weighted by Crippen LogP contribution is -2.20. The number of benzene rings is 1. The number of nitrogens with two attached hydrogens (primary N) is 1. The number of nitrogen functional groups attached to an aromatic ring is 1. The van der Waals surface area contributed by atoms with Gasteiger partial charge in [-0.1, -0.05) is 22.0 Å². The molecule has 4 N–H and O–H groups in total. The van der Waals surface area contributed by atoms with Gasteiger partial charge in [0, 0.05) is 22.6 Å². The van der Waals surface area contributed by atoms with Gasteiger partial charge in [-0.05, 0) is 12.5 Å². The SMILES string of the molecule is Nc1cc(OC(F)(F)F)ccc1C(O)C(O)CCBr. The second-order valence-electron chi connectivity index (χ2n) is 3.83. The summed E-state index contributed by atoms with van der Waals surface area (Å²) >= 11 is 3.11. The average Bonchev–Trinajstić information content (AvgIpc) is 2.26. The lowest BCUT2D eigenvalue weighted by molar-refractivity contribution is -0.274. The Morgan fingerprint density at radius 2 is 1.95 bits per heavy atom. The van der Waals surface area contributed by atoms with Gasteiger partial charge in [0.1, 0.15) is 11.9 Å². The highest BCUT2D eigenvalue weighted by Crippen LogP contribution is 2.30. The van der Waals surface area contributed by atoms with Gasteiger partial charge in [-0.15, -0.1) is 13.2 Å². The van der Waals surface area contributed by atoms with Crippen LogP contribution in [-0.2, 0) is 0 Å². The van der Waals surface area contributed by atoms with Crippen LogP contribution in [0.5, 0.6) is 5.75 Å². The van der Waals surface area contributed by atoms with Gasteiger partial charge in [0.2, 0.25) is 0 Å². The largest absolute Gasteiger partial charge is 0.573 e. The maximum absolute atomic E-state index is 12.0. The number of alkyl halides is 4. The summed E-state index contributed by atoms with van der Waals surface area (Å²) in [5.74, 6) is -0.476. The van der Waals surface area contributed by atoms with Gasteiger partial charge in [-0.25, -0.2) is 0 Å². The van der Waals surface area contributed by atoms with Crippen LogP contribution >= 0.6 is 15.9 Å². The van der Waals surface area contributed by atoms with Crippen molar-refractivity contribution in [1.29, 1.82) is 0 Å². The monoisotopic (exact) mass is 343 g/mol. The third-order valence-electron chi connectivity index (χ3n) is 2.38. The number of hydrogen-bond acceptors (Lipinski definition) is 4. The van der Waals surface area contributed by atoms with Gasteiger partial charge in [-0.2, -0.15) is 0 Å². The van der Waals surface area contributed by atoms with Crippen molar-refractivity contribution >= 4 is 21.6 Å². The van der Waals surface area contributed by atoms with Crippen molar-refractivity contribution in [3.8, 4) is 5.75 Å². The van der Waals surface area contributed by atoms with Gasteiger partial charge in [-0.3, -0.25) is 0 Å². The molecule has 2 unspecified atom stereocenters. The van der Waals surface area contributed by atoms with E-state index in [2.05, 4.69) is 20.7 Å². The standard InChI is InChI=1S/C11H13BrF3NO3/c12-4-3-9(17)10(18)7-2-1-6(5-8(7)16)19-11(13,14)15/h1-2,5,9-10,17-18H,3-4,16H2. The predicted octanol–water partition coefficient (Wildman–Crippen LogP) is 2.35. The number of aliphatic hydroxyl groups excluding tert-OH is 2. The summed E-state index contributed by atoms with van der Waals surface area (Å²) in [4.78, 5) is 0. The minimum absolute atomic E-state index is 0.0807. The highest BCUT2D eigenvalue weighted by Gasteiger charge is 2.31. The lowest BCUT2D eigenvalue weighted by Gasteiger charge is -2.19. The second kappa shape index (κ2) is 6.44. The summed E-state index contributed by atoms with van der Waals surface area (Å²) < 4.78 is 39.7. The van der Waals surface area contributed by atoms with Crippen molar-refractivity contribution in [3.05, 3.63) is 23.8 Å². The van der Waals surface area contributed by atoms with E-state index in [1.165, 1.54) is 6.07 Å². The molecule has 0 bridgehead atoms. The van der Waals surface area contributed by atoms with Crippen LogP contribution in [0.25, 0.3) is 0 Å². The van der Waals surface area contributed by atoms with Crippen LogP contribution in [0.15, 0.2) is 18.2 Å². The Morgan fingerprint density at radius 3 is 2.42 bits per heavy atom. The van der Waals surface area contributed by atoms with Crippen LogP contribution in [0.1, 0.15) is 18.1 Å². The number of hydrogen-bond donors (Lipinski definition) is 3. The van der Waals surface area contributed by atoms with E-state index in [0.29, 0.717) is 5.33 Å². The molecule has 0 aliphatic carbocycles. The van der Waals surface area contributed by atoms with Crippen LogP contribution in [0.2, 0.25) is 0 Å². The molecule has 1 aromatic rings. The zero-order chi connectivity index (χ0) is 14.6. The molecule has 1 rings (SSSR count). The maximum atomic E-state index is 12.0. The molecule has 0 heterocycles. The van der Waals surface area contributed by atoms with Crippen molar-refractivity contribution in [2.75, 3.05) is 11.1 Å². The Morgan fingerprint density at radius 1 is 1.32 bits per heavy atom. The molecule has 0 saturated carbocycles. The minimum atomic E-state index is -4.80. The Labute approximate surface area is 116 Å². The molecule has 108 valence electrons. The summed E-state index contributed by atoms with van der Waals surface area (Å²) in [6.45, 7) is 0. The first-order chi connectivity index (χ1) is 8.74. The third kappa shape index (κ3) is 4.88. The normalized spacial score (nSPS) is 15.1. The van der Waals surface area contributed by atoms with E-state index in [4.69, 9.17) is 5.73 Å². The minimum Gasteiger partial charge on any atom is -0.406 e. The van der Waals surface area contributed by atoms with Gasteiger partial charge < -0.3 is 20.7 Å². The summed E-state index contributed by atoms with van der Waals surface area (Å²) in [5, 5.41) is 19.9. The van der Waals surface area contributed by atoms with E-state index in [9.17, 15) is 23.4 Å². The average molecular weight is 344 g/mol. The topological polar surface area (TPSA) is 75.7 Å². The molecule has 0 saturated heterocycles. The Kier molecular flexibility index (Phi) is 5.45. The molecular weight excluding hydrogens is 331 g/mol. The van der Waals surface area contributed by atoms with Crippen LogP contribution in [0.3, 0.4) is 0 Å². The highest BCUT2D eigenvalue weighted by molar-refractivity contribution is 9.09. The van der Waals surface area contributed by atoms with E-state index in [1.54, 1.807) is 0 Å². The van der Waals surface area contributed by atoms with Crippen molar-refractivity contribution in [1.82, 2.24) is 0 Å². The summed E-state index contributed by atoms with van der Waals surface area (Å²) in [7, 11) is 0. The molecule has 0 aliphatic heterocycles. The van der Waals surface area contributed by atoms with Crippen LogP contribution < -0.4 is 10.5 Å². The molecule has 4 nitrogen and oxygen atoms in total. The molecule has 0 radical (unpaired) electrons. The molecule has 19 heavy (non-hydrogen) atoms. The predicted molar refractivity (Wildman–Crippen MR) is 66.9 cm³/mol. The Bertz CT molecular complexity index is 428. The van der Waals surface area contributed by atoms with Crippen LogP contribution in [-0.4, -0.2) is 28.0 Å². The summed E-state index contributed by atoms with van der Waals surface area (Å²) in [6, 6.07) is 3.18. The Hall–Kier alpha value is -0.990. The molecule has 0 aliphatic rings. The zero-order valence-electron chi connectivity index (χ0n) is 9.69. The molecule has 2 atom stereocenters. The van der Waals surface area contributed by atoms with E-state index in [1.807, 2.05) is 0 Å². The number of ether oxygens (including phenoxy) is 1. The van der Waals surface area contributed by atoms with Gasteiger partial charge in [0.25, 0.3) is 0 Å². The van der Waals surface area contributed by atoms with Crippen molar-refractivity contribution < 1.29 is 28.1 Å². The van der Waals surface area contributed by atoms with E-state index in [0.717, 1.165) is 12.1 Å². The lowest BCUT2D eigenvalue weighted by atomic mass is 10.0. The van der Waals surface area contributed by atoms with Gasteiger partial charge >= 0.3 is 6.36 Å². The fourth-order valence-corrected chi connectivity index (χ4v) is 1.97. The van der Waals surface area contributed by atoms with Crippen molar-refractivity contribution in [2.45, 2.75) is 25.0 Å². The number of anilines is 1. The fourth-order valence-electron chi connectivity index (χ4n) is 1.50. The molecule has 0 amide bonds. The molecule has 1 aromatic carbocycles. The van der Waals surface area contributed by atoms with Crippen molar-refractivity contribution in [2.24, 2.45) is 0 Å². The first kappa shape index (κ1) is 16.1. The fraction of sp³-hybridized carbons (Fsp3) is 0.455. The summed E-state index contributed by atoms with van der Waals surface area (Å²) in [5.41, 5.74) is 5.62. The first-order valence-corrected chi connectivity index (χ1v) is 6.44. The first-order valence-electron chi connectivity index (χ1n) is 5.32. The number of aliphatic hydroxyl groups is 2. The second-order valence-corrected chi connectivity index (χ2v) is 4.62. The van der Waals surface area contributed by atoms with Crippen molar-refractivity contribution in [3.63, 3.8) is 0 Å². The number of halogens is 4. The molecule has 0 aromatic heterocycles. The van der Waals surface area contributed by atoms with Crippen LogP contribution in [0, 0.1) is 0 Å². The Balaban J connectivity index is 2.88.